The Bertz CT molecular complexity index is 458. The zero-order valence-electron chi connectivity index (χ0n) is 11.7. The van der Waals surface area contributed by atoms with Crippen LogP contribution in [0.1, 0.15) is 6.42 Å². The first kappa shape index (κ1) is 13.9. The minimum absolute atomic E-state index is 0.367. The second-order valence-corrected chi connectivity index (χ2v) is 5.61. The number of methoxy groups -OCH3 is 1. The molecule has 3 rings (SSSR count). The van der Waals surface area contributed by atoms with Crippen LogP contribution in [0.4, 0.5) is 5.82 Å². The summed E-state index contributed by atoms with van der Waals surface area (Å²) in [6.45, 7) is 6.23. The Hall–Kier alpha value is -1.11. The first-order chi connectivity index (χ1) is 9.78. The molecule has 0 aliphatic carbocycles. The monoisotopic (exact) mass is 297 g/mol. The molecule has 0 saturated carbocycles. The summed E-state index contributed by atoms with van der Waals surface area (Å²) in [6.07, 6.45) is 2.86. The Morgan fingerprint density at radius 2 is 2.15 bits per heavy atom. The standard InChI is InChI=1S/C13H20ClN5O/c1-20-13-16-9-11(14)12(17-13)19-6-4-18(5-7-19)10-2-3-15-8-10/h9-10,15H,2-8H2,1H3. The van der Waals surface area contributed by atoms with Gasteiger partial charge in [0.25, 0.3) is 0 Å². The number of hydrogen-bond acceptors (Lipinski definition) is 6. The van der Waals surface area contributed by atoms with Gasteiger partial charge >= 0.3 is 6.01 Å². The van der Waals surface area contributed by atoms with Crippen LogP contribution >= 0.6 is 11.6 Å². The molecule has 6 nitrogen and oxygen atoms in total. The summed E-state index contributed by atoms with van der Waals surface area (Å²) < 4.78 is 5.08. The van der Waals surface area contributed by atoms with Gasteiger partial charge in [-0.25, -0.2) is 4.98 Å². The molecule has 1 aromatic heterocycles. The summed E-state index contributed by atoms with van der Waals surface area (Å²) in [4.78, 5) is 13.2. The first-order valence-electron chi connectivity index (χ1n) is 7.04. The Morgan fingerprint density at radius 1 is 1.35 bits per heavy atom. The summed E-state index contributed by atoms with van der Waals surface area (Å²) >= 11 is 6.20. The van der Waals surface area contributed by atoms with Crippen molar-refractivity contribution in [2.75, 3.05) is 51.3 Å². The van der Waals surface area contributed by atoms with Crippen LogP contribution in [0, 0.1) is 0 Å². The van der Waals surface area contributed by atoms with Crippen molar-refractivity contribution in [3.8, 4) is 6.01 Å². The maximum Gasteiger partial charge on any atom is 0.318 e. The number of rotatable bonds is 3. The molecular weight excluding hydrogens is 278 g/mol. The fourth-order valence-corrected chi connectivity index (χ4v) is 3.12. The van der Waals surface area contributed by atoms with Crippen molar-refractivity contribution in [1.29, 1.82) is 0 Å². The molecular formula is C13H20ClN5O. The van der Waals surface area contributed by atoms with Crippen molar-refractivity contribution in [1.82, 2.24) is 20.2 Å². The van der Waals surface area contributed by atoms with Crippen LogP contribution in [-0.4, -0.2) is 67.3 Å². The summed E-state index contributed by atoms with van der Waals surface area (Å²) in [7, 11) is 1.57. The van der Waals surface area contributed by atoms with E-state index in [0.29, 0.717) is 17.1 Å². The molecule has 20 heavy (non-hydrogen) atoms. The van der Waals surface area contributed by atoms with Crippen molar-refractivity contribution in [2.24, 2.45) is 0 Å². The van der Waals surface area contributed by atoms with Gasteiger partial charge in [-0.3, -0.25) is 4.90 Å². The first-order valence-corrected chi connectivity index (χ1v) is 7.42. The molecule has 1 atom stereocenters. The van der Waals surface area contributed by atoms with Gasteiger partial charge in [-0.1, -0.05) is 11.6 Å². The molecule has 0 radical (unpaired) electrons. The average molecular weight is 298 g/mol. The van der Waals surface area contributed by atoms with Crippen LogP contribution in [0.2, 0.25) is 5.02 Å². The van der Waals surface area contributed by atoms with Crippen LogP contribution < -0.4 is 15.0 Å². The van der Waals surface area contributed by atoms with E-state index >= 15 is 0 Å². The number of nitrogens with zero attached hydrogens (tertiary/aromatic N) is 4. The minimum Gasteiger partial charge on any atom is -0.467 e. The lowest BCUT2D eigenvalue weighted by molar-refractivity contribution is 0.196. The van der Waals surface area contributed by atoms with E-state index in [-0.39, 0.29) is 0 Å². The zero-order chi connectivity index (χ0) is 13.9. The molecule has 2 aliphatic rings. The SMILES string of the molecule is COc1ncc(Cl)c(N2CCN(C3CCNC3)CC2)n1. The average Bonchev–Trinajstić information content (AvgIpc) is 3.02. The van der Waals surface area contributed by atoms with Gasteiger partial charge in [0.15, 0.2) is 5.82 Å². The molecule has 7 heteroatoms. The van der Waals surface area contributed by atoms with E-state index in [0.717, 1.165) is 45.1 Å². The largest absolute Gasteiger partial charge is 0.467 e. The number of nitrogens with one attached hydrogen (secondary N) is 1. The summed E-state index contributed by atoms with van der Waals surface area (Å²) in [6, 6.07) is 1.05. The van der Waals surface area contributed by atoms with E-state index in [2.05, 4.69) is 25.1 Å². The van der Waals surface area contributed by atoms with Crippen molar-refractivity contribution >= 4 is 17.4 Å². The van der Waals surface area contributed by atoms with Gasteiger partial charge in [0, 0.05) is 38.8 Å². The van der Waals surface area contributed by atoms with E-state index in [1.165, 1.54) is 6.42 Å². The van der Waals surface area contributed by atoms with Crippen LogP contribution in [0.15, 0.2) is 6.20 Å². The number of piperazine rings is 1. The summed E-state index contributed by atoms with van der Waals surface area (Å²) in [5.41, 5.74) is 0. The van der Waals surface area contributed by atoms with E-state index < -0.39 is 0 Å². The second kappa shape index (κ2) is 6.11. The highest BCUT2D eigenvalue weighted by Gasteiger charge is 2.27. The van der Waals surface area contributed by atoms with Gasteiger partial charge in [0.05, 0.1) is 13.3 Å². The van der Waals surface area contributed by atoms with Gasteiger partial charge in [-0.15, -0.1) is 0 Å². The third kappa shape index (κ3) is 2.82. The highest BCUT2D eigenvalue weighted by Crippen LogP contribution is 2.26. The minimum atomic E-state index is 0.367. The quantitative estimate of drug-likeness (QED) is 0.883. The maximum atomic E-state index is 6.20. The van der Waals surface area contributed by atoms with Crippen LogP contribution in [-0.2, 0) is 0 Å². The van der Waals surface area contributed by atoms with Crippen LogP contribution in [0.25, 0.3) is 0 Å². The number of halogens is 1. The normalized spacial score (nSPS) is 24.1. The van der Waals surface area contributed by atoms with Gasteiger partial charge in [0.2, 0.25) is 0 Å². The van der Waals surface area contributed by atoms with Gasteiger partial charge in [0.1, 0.15) is 5.02 Å². The highest BCUT2D eigenvalue weighted by atomic mass is 35.5. The molecule has 0 aromatic carbocycles. The molecule has 3 heterocycles. The number of hydrogen-bond donors (Lipinski definition) is 1. The lowest BCUT2D eigenvalue weighted by Crippen LogP contribution is -2.51. The molecule has 0 amide bonds. The molecule has 1 aromatic rings. The van der Waals surface area contributed by atoms with Gasteiger partial charge < -0.3 is 15.0 Å². The third-order valence-electron chi connectivity index (χ3n) is 4.05. The molecule has 2 fully saturated rings. The van der Waals surface area contributed by atoms with E-state index in [1.807, 2.05) is 0 Å². The van der Waals surface area contributed by atoms with E-state index in [1.54, 1.807) is 13.3 Å². The molecule has 1 unspecified atom stereocenters. The predicted molar refractivity (Wildman–Crippen MR) is 78.7 cm³/mol. The second-order valence-electron chi connectivity index (χ2n) is 5.20. The van der Waals surface area contributed by atoms with Crippen LogP contribution in [0.5, 0.6) is 6.01 Å². The predicted octanol–water partition coefficient (Wildman–Crippen LogP) is 0.622. The smallest absolute Gasteiger partial charge is 0.318 e. The Morgan fingerprint density at radius 3 is 2.80 bits per heavy atom. The molecule has 110 valence electrons. The fourth-order valence-electron chi connectivity index (χ4n) is 2.91. The summed E-state index contributed by atoms with van der Waals surface area (Å²) in [5, 5.41) is 4.01. The number of anilines is 1. The molecule has 2 saturated heterocycles. The Kier molecular flexibility index (Phi) is 4.24. The van der Waals surface area contributed by atoms with Gasteiger partial charge in [-0.2, -0.15) is 4.98 Å². The number of aromatic nitrogens is 2. The lowest BCUT2D eigenvalue weighted by Gasteiger charge is -2.38. The van der Waals surface area contributed by atoms with E-state index in [4.69, 9.17) is 16.3 Å². The molecule has 2 aliphatic heterocycles. The molecule has 1 N–H and O–H groups in total. The lowest BCUT2D eigenvalue weighted by atomic mass is 10.2. The zero-order valence-corrected chi connectivity index (χ0v) is 12.4. The van der Waals surface area contributed by atoms with Crippen LogP contribution in [0.3, 0.4) is 0 Å². The highest BCUT2D eigenvalue weighted by molar-refractivity contribution is 6.32. The van der Waals surface area contributed by atoms with Gasteiger partial charge in [-0.05, 0) is 13.0 Å². The van der Waals surface area contributed by atoms with Crippen molar-refractivity contribution in [3.05, 3.63) is 11.2 Å². The third-order valence-corrected chi connectivity index (χ3v) is 4.32. The summed E-state index contributed by atoms with van der Waals surface area (Å²) in [5.74, 6) is 0.780. The molecule has 0 spiro atoms. The maximum absolute atomic E-state index is 6.20. The number of ether oxygens (including phenoxy) is 1. The molecule has 0 bridgehead atoms. The Labute approximate surface area is 124 Å². The van der Waals surface area contributed by atoms with E-state index in [9.17, 15) is 0 Å². The topological polar surface area (TPSA) is 53.5 Å². The van der Waals surface area contributed by atoms with Crippen molar-refractivity contribution < 1.29 is 4.74 Å². The van der Waals surface area contributed by atoms with Crippen molar-refractivity contribution in [2.45, 2.75) is 12.5 Å². The Balaban J connectivity index is 1.65. The van der Waals surface area contributed by atoms with Crippen molar-refractivity contribution in [3.63, 3.8) is 0 Å². The fraction of sp³-hybridized carbons (Fsp3) is 0.692.